The van der Waals surface area contributed by atoms with Gasteiger partial charge in [-0.05, 0) is 50.0 Å². The molecule has 0 spiro atoms. The van der Waals surface area contributed by atoms with Crippen LogP contribution in [0.4, 0.5) is 5.69 Å². The zero-order chi connectivity index (χ0) is 20.8. The van der Waals surface area contributed by atoms with Crippen LogP contribution in [0.1, 0.15) is 25.7 Å². The van der Waals surface area contributed by atoms with Crippen molar-refractivity contribution >= 4 is 40.7 Å². The molecule has 1 aromatic carbocycles. The average molecular weight is 428 g/mol. The molecule has 0 aliphatic rings. The minimum Gasteiger partial charge on any atom is -0.490 e. The molecule has 0 heterocycles. The Hall–Kier alpha value is -2.18. The standard InChI is InChI=1S/C20H27Cl2N3O3/c1-3-18(26)24-10-6-5-9-23-15-13-16(21)20(17(22)14-15)28-12-8-7-11-25-19(27)4-2/h3-4,13-14,23H,1-2,5-12H2,(H,24,26)(H,25,27). The Kier molecular flexibility index (Phi) is 11.9. The molecule has 154 valence electrons. The number of rotatable bonds is 14. The zero-order valence-corrected chi connectivity index (χ0v) is 17.4. The van der Waals surface area contributed by atoms with E-state index in [2.05, 4.69) is 29.1 Å². The van der Waals surface area contributed by atoms with E-state index in [0.717, 1.165) is 37.9 Å². The van der Waals surface area contributed by atoms with E-state index in [1.165, 1.54) is 12.2 Å². The fourth-order valence-corrected chi connectivity index (χ4v) is 2.85. The Labute approximate surface area is 176 Å². The van der Waals surface area contributed by atoms with Crippen LogP contribution in [0.15, 0.2) is 37.4 Å². The first-order valence-corrected chi connectivity index (χ1v) is 9.89. The monoisotopic (exact) mass is 427 g/mol. The van der Waals surface area contributed by atoms with Crippen molar-refractivity contribution in [3.05, 3.63) is 47.5 Å². The van der Waals surface area contributed by atoms with Gasteiger partial charge in [-0.15, -0.1) is 0 Å². The van der Waals surface area contributed by atoms with Crippen LogP contribution in [0.5, 0.6) is 5.75 Å². The van der Waals surface area contributed by atoms with E-state index in [1.807, 2.05) is 0 Å². The van der Waals surface area contributed by atoms with Crippen molar-refractivity contribution in [2.45, 2.75) is 25.7 Å². The summed E-state index contributed by atoms with van der Waals surface area (Å²) in [4.78, 5) is 22.1. The molecule has 6 nitrogen and oxygen atoms in total. The number of amides is 2. The van der Waals surface area contributed by atoms with Crippen LogP contribution in [0.25, 0.3) is 0 Å². The smallest absolute Gasteiger partial charge is 0.243 e. The molecule has 0 aromatic heterocycles. The van der Waals surface area contributed by atoms with Gasteiger partial charge in [0.1, 0.15) is 0 Å². The molecular weight excluding hydrogens is 401 g/mol. The summed E-state index contributed by atoms with van der Waals surface area (Å²) in [6.07, 6.45) is 5.77. The number of anilines is 1. The van der Waals surface area contributed by atoms with Crippen LogP contribution in [0.2, 0.25) is 10.0 Å². The number of unbranched alkanes of at least 4 members (excludes halogenated alkanes) is 2. The van der Waals surface area contributed by atoms with Gasteiger partial charge in [0.15, 0.2) is 5.75 Å². The molecule has 0 saturated heterocycles. The first-order valence-electron chi connectivity index (χ1n) is 9.14. The second kappa shape index (κ2) is 13.9. The number of halogens is 2. The molecule has 0 unspecified atom stereocenters. The van der Waals surface area contributed by atoms with Crippen molar-refractivity contribution in [1.82, 2.24) is 10.6 Å². The quantitative estimate of drug-likeness (QED) is 0.310. The van der Waals surface area contributed by atoms with Gasteiger partial charge in [0.05, 0.1) is 16.7 Å². The number of ether oxygens (including phenoxy) is 1. The molecule has 8 heteroatoms. The summed E-state index contributed by atoms with van der Waals surface area (Å²) in [5.41, 5.74) is 0.810. The van der Waals surface area contributed by atoms with E-state index >= 15 is 0 Å². The van der Waals surface area contributed by atoms with E-state index in [9.17, 15) is 9.59 Å². The van der Waals surface area contributed by atoms with Crippen molar-refractivity contribution in [1.29, 1.82) is 0 Å². The number of carbonyl (C=O) groups is 2. The highest BCUT2D eigenvalue weighted by atomic mass is 35.5. The van der Waals surface area contributed by atoms with Crippen LogP contribution < -0.4 is 20.7 Å². The third-order valence-electron chi connectivity index (χ3n) is 3.72. The van der Waals surface area contributed by atoms with E-state index in [1.54, 1.807) is 12.1 Å². The third kappa shape index (κ3) is 9.67. The van der Waals surface area contributed by atoms with Gasteiger partial charge in [0, 0.05) is 25.3 Å². The predicted octanol–water partition coefficient (Wildman–Crippen LogP) is 3.95. The van der Waals surface area contributed by atoms with E-state index in [4.69, 9.17) is 27.9 Å². The Balaban J connectivity index is 2.31. The Bertz CT molecular complexity index is 658. The van der Waals surface area contributed by atoms with Crippen molar-refractivity contribution in [3.8, 4) is 5.75 Å². The highest BCUT2D eigenvalue weighted by molar-refractivity contribution is 6.37. The van der Waals surface area contributed by atoms with Crippen molar-refractivity contribution in [2.75, 3.05) is 31.6 Å². The van der Waals surface area contributed by atoms with Gasteiger partial charge in [0.2, 0.25) is 11.8 Å². The lowest BCUT2D eigenvalue weighted by Gasteiger charge is -2.13. The van der Waals surface area contributed by atoms with Crippen molar-refractivity contribution in [3.63, 3.8) is 0 Å². The number of carbonyl (C=O) groups excluding carboxylic acids is 2. The summed E-state index contributed by atoms with van der Waals surface area (Å²) >= 11 is 12.5. The minimum atomic E-state index is -0.184. The van der Waals surface area contributed by atoms with Crippen molar-refractivity contribution < 1.29 is 14.3 Å². The fourth-order valence-electron chi connectivity index (χ4n) is 2.25. The summed E-state index contributed by atoms with van der Waals surface area (Å²) in [6, 6.07) is 3.54. The number of hydrogen-bond donors (Lipinski definition) is 3. The van der Waals surface area contributed by atoms with Crippen LogP contribution >= 0.6 is 23.2 Å². The second-order valence-corrected chi connectivity index (χ2v) is 6.76. The summed E-state index contributed by atoms with van der Waals surface area (Å²) in [5, 5.41) is 9.56. The van der Waals surface area contributed by atoms with Crippen molar-refractivity contribution in [2.24, 2.45) is 0 Å². The molecular formula is C20H27Cl2N3O3. The molecule has 0 saturated carbocycles. The van der Waals surface area contributed by atoms with Gasteiger partial charge < -0.3 is 20.7 Å². The highest BCUT2D eigenvalue weighted by Gasteiger charge is 2.10. The van der Waals surface area contributed by atoms with Crippen LogP contribution in [0, 0.1) is 0 Å². The fraction of sp³-hybridized carbons (Fsp3) is 0.400. The molecule has 3 N–H and O–H groups in total. The van der Waals surface area contributed by atoms with E-state index < -0.39 is 0 Å². The molecule has 0 fully saturated rings. The van der Waals surface area contributed by atoms with Gasteiger partial charge in [-0.2, -0.15) is 0 Å². The molecule has 0 radical (unpaired) electrons. The van der Waals surface area contributed by atoms with Gasteiger partial charge in [0.25, 0.3) is 0 Å². The van der Waals surface area contributed by atoms with Gasteiger partial charge in [-0.25, -0.2) is 0 Å². The molecule has 2 amide bonds. The summed E-state index contributed by atoms with van der Waals surface area (Å²) < 4.78 is 5.67. The third-order valence-corrected chi connectivity index (χ3v) is 4.28. The normalized spacial score (nSPS) is 10.1. The van der Waals surface area contributed by atoms with E-state index in [0.29, 0.717) is 35.5 Å². The Morgan fingerprint density at radius 3 is 1.93 bits per heavy atom. The zero-order valence-electron chi connectivity index (χ0n) is 15.9. The maximum atomic E-state index is 11.0. The Morgan fingerprint density at radius 2 is 1.39 bits per heavy atom. The van der Waals surface area contributed by atoms with Crippen LogP contribution in [-0.4, -0.2) is 38.1 Å². The van der Waals surface area contributed by atoms with Crippen LogP contribution in [-0.2, 0) is 9.59 Å². The number of hydrogen-bond acceptors (Lipinski definition) is 4. The molecule has 0 atom stereocenters. The molecule has 28 heavy (non-hydrogen) atoms. The maximum absolute atomic E-state index is 11.0. The molecule has 0 bridgehead atoms. The molecule has 1 rings (SSSR count). The highest BCUT2D eigenvalue weighted by Crippen LogP contribution is 2.36. The number of benzene rings is 1. The number of nitrogens with one attached hydrogen (secondary N) is 3. The molecule has 0 aliphatic heterocycles. The summed E-state index contributed by atoms with van der Waals surface area (Å²) in [6.45, 7) is 9.15. The van der Waals surface area contributed by atoms with Gasteiger partial charge >= 0.3 is 0 Å². The van der Waals surface area contributed by atoms with E-state index in [-0.39, 0.29) is 11.8 Å². The van der Waals surface area contributed by atoms with Gasteiger partial charge in [-0.3, -0.25) is 9.59 Å². The predicted molar refractivity (Wildman–Crippen MR) is 115 cm³/mol. The van der Waals surface area contributed by atoms with Gasteiger partial charge in [-0.1, -0.05) is 36.4 Å². The lowest BCUT2D eigenvalue weighted by atomic mass is 10.2. The molecule has 0 aliphatic carbocycles. The first kappa shape index (κ1) is 23.9. The average Bonchev–Trinajstić information content (AvgIpc) is 2.68. The maximum Gasteiger partial charge on any atom is 0.243 e. The van der Waals surface area contributed by atoms with Crippen LogP contribution in [0.3, 0.4) is 0 Å². The SMILES string of the molecule is C=CC(=O)NCCCCNc1cc(Cl)c(OCCCCNC(=O)C=C)c(Cl)c1. The second-order valence-electron chi connectivity index (χ2n) is 5.95. The topological polar surface area (TPSA) is 79.5 Å². The largest absolute Gasteiger partial charge is 0.490 e. The summed E-state index contributed by atoms with van der Waals surface area (Å²) in [5.74, 6) is 0.108. The lowest BCUT2D eigenvalue weighted by molar-refractivity contribution is -0.117. The Morgan fingerprint density at radius 1 is 0.893 bits per heavy atom. The summed E-state index contributed by atoms with van der Waals surface area (Å²) in [7, 11) is 0. The first-order chi connectivity index (χ1) is 13.5. The molecule has 1 aromatic rings. The lowest BCUT2D eigenvalue weighted by Crippen LogP contribution is -2.22. The minimum absolute atomic E-state index is 0.163.